The molecule has 0 saturated carbocycles. The van der Waals surface area contributed by atoms with E-state index in [0.717, 1.165) is 0 Å². The maximum Gasteiger partial charge on any atom is -0.0171 e. The first-order valence-electron chi connectivity index (χ1n) is 8.19. The summed E-state index contributed by atoms with van der Waals surface area (Å²) >= 11 is 0. The molecule has 0 atom stereocenters. The van der Waals surface area contributed by atoms with Crippen molar-refractivity contribution >= 4 is 32.3 Å². The maximum atomic E-state index is 2.36. The molecule has 0 amide bonds. The van der Waals surface area contributed by atoms with E-state index in [0.29, 0.717) is 0 Å². The standard InChI is InChI=1S/C22H20/c1-2-3-6-16-9-10-19-14-21-12-17-7-4-5-8-18(17)13-22(21)15-20(19)11-16/h4-5,7-15H,2-3,6H2,1H3. The monoisotopic (exact) mass is 284 g/mol. The van der Waals surface area contributed by atoms with Crippen LogP contribution in [0.3, 0.4) is 0 Å². The molecule has 108 valence electrons. The van der Waals surface area contributed by atoms with E-state index in [9.17, 15) is 0 Å². The fourth-order valence-corrected chi connectivity index (χ4v) is 3.28. The molecule has 0 heterocycles. The van der Waals surface area contributed by atoms with Crippen molar-refractivity contribution < 1.29 is 0 Å². The first kappa shape index (κ1) is 13.3. The van der Waals surface area contributed by atoms with Crippen LogP contribution in [-0.4, -0.2) is 0 Å². The Balaban J connectivity index is 1.91. The molecule has 4 aromatic rings. The molecule has 0 spiro atoms. The lowest BCUT2D eigenvalue weighted by Gasteiger charge is -2.07. The number of hydrogen-bond donors (Lipinski definition) is 0. The molecule has 0 N–H and O–H groups in total. The normalized spacial score (nSPS) is 11.5. The number of benzene rings is 4. The highest BCUT2D eigenvalue weighted by molar-refractivity contribution is 6.04. The van der Waals surface area contributed by atoms with Crippen molar-refractivity contribution in [3.63, 3.8) is 0 Å². The van der Waals surface area contributed by atoms with E-state index >= 15 is 0 Å². The van der Waals surface area contributed by atoms with Gasteiger partial charge in [-0.15, -0.1) is 0 Å². The number of rotatable bonds is 3. The van der Waals surface area contributed by atoms with E-state index in [-0.39, 0.29) is 0 Å². The quantitative estimate of drug-likeness (QED) is 0.377. The summed E-state index contributed by atoms with van der Waals surface area (Å²) in [5.41, 5.74) is 1.45. The third-order valence-corrected chi connectivity index (χ3v) is 4.54. The van der Waals surface area contributed by atoms with E-state index in [1.165, 1.54) is 57.1 Å². The zero-order valence-electron chi connectivity index (χ0n) is 13.0. The van der Waals surface area contributed by atoms with Crippen LogP contribution >= 0.6 is 0 Å². The highest BCUT2D eigenvalue weighted by Crippen LogP contribution is 2.28. The van der Waals surface area contributed by atoms with E-state index in [1.54, 1.807) is 0 Å². The Kier molecular flexibility index (Phi) is 3.31. The zero-order chi connectivity index (χ0) is 14.9. The van der Waals surface area contributed by atoms with Gasteiger partial charge in [-0.3, -0.25) is 0 Å². The molecule has 0 bridgehead atoms. The SMILES string of the molecule is CCCCc1ccc2cc3cc4ccccc4cc3cc2c1. The van der Waals surface area contributed by atoms with E-state index < -0.39 is 0 Å². The van der Waals surface area contributed by atoms with Gasteiger partial charge in [-0.05, 0) is 75.0 Å². The van der Waals surface area contributed by atoms with E-state index in [2.05, 4.69) is 73.7 Å². The number of unbranched alkanes of at least 4 members (excludes halogenated alkanes) is 1. The fraction of sp³-hybridized carbons (Fsp3) is 0.182. The van der Waals surface area contributed by atoms with Gasteiger partial charge in [0, 0.05) is 0 Å². The summed E-state index contributed by atoms with van der Waals surface area (Å²) in [5, 5.41) is 7.98. The van der Waals surface area contributed by atoms with Crippen LogP contribution in [0.1, 0.15) is 25.3 Å². The molecule has 4 rings (SSSR count). The molecule has 0 heteroatoms. The van der Waals surface area contributed by atoms with Gasteiger partial charge in [0.1, 0.15) is 0 Å². The minimum Gasteiger partial charge on any atom is -0.0654 e. The number of hydrogen-bond acceptors (Lipinski definition) is 0. The molecular formula is C22H20. The lowest BCUT2D eigenvalue weighted by molar-refractivity contribution is 0.796. The second-order valence-corrected chi connectivity index (χ2v) is 6.18. The van der Waals surface area contributed by atoms with Gasteiger partial charge in [0.05, 0.1) is 0 Å². The Bertz CT molecular complexity index is 963. The van der Waals surface area contributed by atoms with Crippen LogP contribution in [0.15, 0.2) is 66.7 Å². The average molecular weight is 284 g/mol. The van der Waals surface area contributed by atoms with Crippen molar-refractivity contribution in [1.29, 1.82) is 0 Å². The summed E-state index contributed by atoms with van der Waals surface area (Å²) in [6.07, 6.45) is 3.70. The Morgan fingerprint density at radius 2 is 1.14 bits per heavy atom. The lowest BCUT2D eigenvalue weighted by atomic mass is 9.97. The van der Waals surface area contributed by atoms with Crippen molar-refractivity contribution in [3.05, 3.63) is 72.3 Å². The van der Waals surface area contributed by atoms with Crippen molar-refractivity contribution in [2.75, 3.05) is 0 Å². The minimum absolute atomic E-state index is 1.18. The van der Waals surface area contributed by atoms with E-state index in [4.69, 9.17) is 0 Å². The fourth-order valence-electron chi connectivity index (χ4n) is 3.28. The van der Waals surface area contributed by atoms with Gasteiger partial charge in [-0.25, -0.2) is 0 Å². The Hall–Kier alpha value is -2.34. The summed E-state index contributed by atoms with van der Waals surface area (Å²) < 4.78 is 0. The summed E-state index contributed by atoms with van der Waals surface area (Å²) in [7, 11) is 0. The van der Waals surface area contributed by atoms with Crippen molar-refractivity contribution in [2.45, 2.75) is 26.2 Å². The topological polar surface area (TPSA) is 0 Å². The zero-order valence-corrected chi connectivity index (χ0v) is 13.0. The van der Waals surface area contributed by atoms with Crippen LogP contribution in [0.25, 0.3) is 32.3 Å². The number of aryl methyl sites for hydroxylation is 1. The van der Waals surface area contributed by atoms with Crippen molar-refractivity contribution in [3.8, 4) is 0 Å². The molecule has 0 aromatic heterocycles. The summed E-state index contributed by atoms with van der Waals surface area (Å²) in [4.78, 5) is 0. The molecule has 0 aliphatic heterocycles. The molecule has 0 saturated heterocycles. The lowest BCUT2D eigenvalue weighted by Crippen LogP contribution is -1.85. The van der Waals surface area contributed by atoms with Crippen molar-refractivity contribution in [1.82, 2.24) is 0 Å². The van der Waals surface area contributed by atoms with E-state index in [1.807, 2.05) is 0 Å². The Morgan fingerprint density at radius 3 is 1.77 bits per heavy atom. The Labute approximate surface area is 131 Å². The molecular weight excluding hydrogens is 264 g/mol. The van der Waals surface area contributed by atoms with Gasteiger partial charge in [-0.2, -0.15) is 0 Å². The first-order valence-corrected chi connectivity index (χ1v) is 8.19. The predicted octanol–water partition coefficient (Wildman–Crippen LogP) is 6.49. The van der Waals surface area contributed by atoms with Gasteiger partial charge >= 0.3 is 0 Å². The third-order valence-electron chi connectivity index (χ3n) is 4.54. The molecule has 0 radical (unpaired) electrons. The largest absolute Gasteiger partial charge is 0.0654 e. The summed E-state index contributed by atoms with van der Waals surface area (Å²) in [6, 6.07) is 24.8. The molecule has 4 aromatic carbocycles. The summed E-state index contributed by atoms with van der Waals surface area (Å²) in [5.74, 6) is 0. The van der Waals surface area contributed by atoms with Crippen LogP contribution in [-0.2, 0) is 6.42 Å². The van der Waals surface area contributed by atoms with Crippen LogP contribution in [0.5, 0.6) is 0 Å². The molecule has 22 heavy (non-hydrogen) atoms. The van der Waals surface area contributed by atoms with Gasteiger partial charge in [0.2, 0.25) is 0 Å². The first-order chi connectivity index (χ1) is 10.8. The average Bonchev–Trinajstić information content (AvgIpc) is 2.56. The molecule has 0 nitrogen and oxygen atoms in total. The predicted molar refractivity (Wildman–Crippen MR) is 97.6 cm³/mol. The van der Waals surface area contributed by atoms with Crippen molar-refractivity contribution in [2.24, 2.45) is 0 Å². The van der Waals surface area contributed by atoms with Gasteiger partial charge < -0.3 is 0 Å². The highest BCUT2D eigenvalue weighted by atomic mass is 14.1. The second-order valence-electron chi connectivity index (χ2n) is 6.18. The van der Waals surface area contributed by atoms with Gasteiger partial charge in [-0.1, -0.05) is 55.8 Å². The molecule has 0 unspecified atom stereocenters. The van der Waals surface area contributed by atoms with Gasteiger partial charge in [0.25, 0.3) is 0 Å². The van der Waals surface area contributed by atoms with Crippen LogP contribution in [0.4, 0.5) is 0 Å². The van der Waals surface area contributed by atoms with Gasteiger partial charge in [0.15, 0.2) is 0 Å². The Morgan fingerprint density at radius 1 is 0.591 bits per heavy atom. The molecule has 0 aliphatic carbocycles. The maximum absolute atomic E-state index is 2.36. The van der Waals surface area contributed by atoms with Crippen LogP contribution < -0.4 is 0 Å². The van der Waals surface area contributed by atoms with Crippen LogP contribution in [0, 0.1) is 0 Å². The second kappa shape index (κ2) is 5.46. The summed E-state index contributed by atoms with van der Waals surface area (Å²) in [6.45, 7) is 2.25. The number of fused-ring (bicyclic) bond motifs is 3. The minimum atomic E-state index is 1.18. The highest BCUT2D eigenvalue weighted by Gasteiger charge is 2.02. The molecule has 0 aliphatic rings. The smallest absolute Gasteiger partial charge is 0.0171 e. The molecule has 0 fully saturated rings. The van der Waals surface area contributed by atoms with Crippen LogP contribution in [0.2, 0.25) is 0 Å². The third kappa shape index (κ3) is 2.35.